The third-order valence-corrected chi connectivity index (χ3v) is 7.00. The van der Waals surface area contributed by atoms with Crippen LogP contribution in [0.4, 0.5) is 0 Å². The maximum Gasteiger partial charge on any atom is 0.0575 e. The summed E-state index contributed by atoms with van der Waals surface area (Å²) in [7, 11) is 0. The van der Waals surface area contributed by atoms with Crippen molar-refractivity contribution in [2.24, 2.45) is 11.8 Å². The highest BCUT2D eigenvalue weighted by Gasteiger charge is 2.18. The third kappa shape index (κ3) is 11.3. The van der Waals surface area contributed by atoms with E-state index >= 15 is 0 Å². The van der Waals surface area contributed by atoms with Crippen molar-refractivity contribution in [2.75, 3.05) is 6.61 Å². The second-order valence-corrected chi connectivity index (χ2v) is 9.98. The van der Waals surface area contributed by atoms with Crippen LogP contribution < -0.4 is 0 Å². The van der Waals surface area contributed by atoms with E-state index in [2.05, 4.69) is 43.4 Å². The van der Waals surface area contributed by atoms with Gasteiger partial charge in [-0.05, 0) is 56.8 Å². The van der Waals surface area contributed by atoms with Crippen molar-refractivity contribution in [3.8, 4) is 0 Å². The molecule has 1 aliphatic rings. The Hall–Kier alpha value is 0.690. The molecule has 1 rings (SSSR count). The molecule has 24 heavy (non-hydrogen) atoms. The van der Waals surface area contributed by atoms with Crippen LogP contribution in [0.3, 0.4) is 0 Å². The summed E-state index contributed by atoms with van der Waals surface area (Å²) in [5, 5.41) is 0. The van der Waals surface area contributed by atoms with E-state index in [1.54, 1.807) is 0 Å². The van der Waals surface area contributed by atoms with E-state index < -0.39 is 0 Å². The number of rotatable bonds is 14. The van der Waals surface area contributed by atoms with Gasteiger partial charge in [0.05, 0.1) is 6.10 Å². The summed E-state index contributed by atoms with van der Waals surface area (Å²) in [6.45, 7) is 8.04. The first-order valence-electron chi connectivity index (χ1n) is 10.9. The van der Waals surface area contributed by atoms with Crippen LogP contribution in [0.2, 0.25) is 0 Å². The summed E-state index contributed by atoms with van der Waals surface area (Å²) in [6.07, 6.45) is 19.8. The minimum absolute atomic E-state index is 0.576. The molecular weight excluding hydrogens is 407 g/mol. The first kappa shape index (κ1) is 22.7. The zero-order valence-electron chi connectivity index (χ0n) is 16.7. The summed E-state index contributed by atoms with van der Waals surface area (Å²) >= 11 is 2.66. The molecule has 1 fully saturated rings. The minimum Gasteiger partial charge on any atom is -0.378 e. The van der Waals surface area contributed by atoms with E-state index in [0.717, 1.165) is 22.4 Å². The molecule has 0 aromatic carbocycles. The van der Waals surface area contributed by atoms with Crippen LogP contribution in [0.25, 0.3) is 0 Å². The highest BCUT2D eigenvalue weighted by atomic mass is 127. The Labute approximate surface area is 166 Å². The van der Waals surface area contributed by atoms with Crippen LogP contribution in [-0.4, -0.2) is 16.6 Å². The van der Waals surface area contributed by atoms with E-state index in [1.165, 1.54) is 89.9 Å². The smallest absolute Gasteiger partial charge is 0.0575 e. The van der Waals surface area contributed by atoms with Gasteiger partial charge in [0, 0.05) is 10.5 Å². The van der Waals surface area contributed by atoms with Gasteiger partial charge in [0.2, 0.25) is 0 Å². The summed E-state index contributed by atoms with van der Waals surface area (Å²) in [4.78, 5) is 0. The molecule has 1 saturated carbocycles. The van der Waals surface area contributed by atoms with Gasteiger partial charge in [-0.3, -0.25) is 0 Å². The Bertz CT molecular complexity index is 273. The molecule has 0 aromatic rings. The molecule has 2 unspecified atom stereocenters. The molecule has 2 heteroatoms. The molecule has 0 spiro atoms. The van der Waals surface area contributed by atoms with Crippen molar-refractivity contribution < 1.29 is 4.74 Å². The lowest BCUT2D eigenvalue weighted by Crippen LogP contribution is -2.20. The van der Waals surface area contributed by atoms with Gasteiger partial charge < -0.3 is 4.74 Å². The average molecular weight is 450 g/mol. The normalized spacial score (nSPS) is 24.0. The molecule has 1 nitrogen and oxygen atoms in total. The number of halogens is 1. The summed E-state index contributed by atoms with van der Waals surface area (Å²) in [5.41, 5.74) is 0. The monoisotopic (exact) mass is 450 g/mol. The van der Waals surface area contributed by atoms with Crippen LogP contribution in [0.1, 0.15) is 111 Å². The first-order chi connectivity index (χ1) is 11.7. The maximum absolute atomic E-state index is 6.11. The predicted octanol–water partition coefficient (Wildman–Crippen LogP) is 7.94. The Kier molecular flexibility index (Phi) is 14.0. The van der Waals surface area contributed by atoms with Crippen LogP contribution in [0.15, 0.2) is 0 Å². The van der Waals surface area contributed by atoms with Gasteiger partial charge in [-0.15, -0.1) is 0 Å². The van der Waals surface area contributed by atoms with Gasteiger partial charge >= 0.3 is 0 Å². The largest absolute Gasteiger partial charge is 0.378 e. The van der Waals surface area contributed by atoms with Gasteiger partial charge in [-0.1, -0.05) is 88.3 Å². The van der Waals surface area contributed by atoms with Crippen LogP contribution in [-0.2, 0) is 4.74 Å². The molecular formula is C22H43IO. The summed E-state index contributed by atoms with van der Waals surface area (Å²) < 4.78 is 7.02. The van der Waals surface area contributed by atoms with Crippen molar-refractivity contribution in [3.05, 3.63) is 0 Å². The van der Waals surface area contributed by atoms with Gasteiger partial charge in [0.1, 0.15) is 0 Å². The topological polar surface area (TPSA) is 9.23 Å². The van der Waals surface area contributed by atoms with Gasteiger partial charge in [0.15, 0.2) is 0 Å². The molecule has 1 aliphatic carbocycles. The minimum atomic E-state index is 0.576. The zero-order valence-corrected chi connectivity index (χ0v) is 18.9. The van der Waals surface area contributed by atoms with Crippen molar-refractivity contribution in [2.45, 2.75) is 121 Å². The van der Waals surface area contributed by atoms with Crippen LogP contribution >= 0.6 is 22.6 Å². The fraction of sp³-hybridized carbons (Fsp3) is 1.00. The van der Waals surface area contributed by atoms with Crippen molar-refractivity contribution in [1.82, 2.24) is 0 Å². The van der Waals surface area contributed by atoms with E-state index in [-0.39, 0.29) is 0 Å². The van der Waals surface area contributed by atoms with Crippen molar-refractivity contribution in [1.29, 1.82) is 0 Å². The second kappa shape index (κ2) is 14.8. The van der Waals surface area contributed by atoms with Crippen LogP contribution in [0, 0.1) is 11.8 Å². The number of hydrogen-bond acceptors (Lipinski definition) is 1. The Balaban J connectivity index is 2.04. The van der Waals surface area contributed by atoms with Gasteiger partial charge in [0.25, 0.3) is 0 Å². The van der Waals surface area contributed by atoms with Gasteiger partial charge in [-0.25, -0.2) is 0 Å². The van der Waals surface area contributed by atoms with Crippen molar-refractivity contribution in [3.63, 3.8) is 0 Å². The van der Waals surface area contributed by atoms with Crippen molar-refractivity contribution >= 4 is 22.6 Å². The molecule has 0 radical (unpaired) electrons. The maximum atomic E-state index is 6.11. The fourth-order valence-electron chi connectivity index (χ4n) is 4.11. The number of alkyl halides is 1. The molecule has 0 heterocycles. The number of ether oxygens (including phenoxy) is 1. The fourth-order valence-corrected chi connectivity index (χ4v) is 5.17. The lowest BCUT2D eigenvalue weighted by atomic mass is 9.89. The standard InChI is InChI=1S/C22H43IO/c1-4-9-20(12-8-13-21(23)10-5-2)11-6-7-18-24-22-16-14-19(3)15-17-22/h19-22H,4-18H2,1-3H3. The molecule has 0 aliphatic heterocycles. The lowest BCUT2D eigenvalue weighted by Gasteiger charge is -2.26. The highest BCUT2D eigenvalue weighted by Crippen LogP contribution is 2.26. The van der Waals surface area contributed by atoms with E-state index in [9.17, 15) is 0 Å². The SMILES string of the molecule is CCCC(I)CCCC(CCC)CCCCOC1CCC(C)CC1. The van der Waals surface area contributed by atoms with E-state index in [0.29, 0.717) is 6.10 Å². The highest BCUT2D eigenvalue weighted by molar-refractivity contribution is 14.1. The molecule has 0 saturated heterocycles. The molecule has 144 valence electrons. The second-order valence-electron chi connectivity index (χ2n) is 8.22. The Morgan fingerprint density at radius 1 is 0.833 bits per heavy atom. The quantitative estimate of drug-likeness (QED) is 0.148. The molecule has 0 amide bonds. The Morgan fingerprint density at radius 2 is 1.50 bits per heavy atom. The van der Waals surface area contributed by atoms with Gasteiger partial charge in [-0.2, -0.15) is 0 Å². The van der Waals surface area contributed by atoms with Crippen LogP contribution in [0.5, 0.6) is 0 Å². The summed E-state index contributed by atoms with van der Waals surface area (Å²) in [5.74, 6) is 1.90. The predicted molar refractivity (Wildman–Crippen MR) is 116 cm³/mol. The Morgan fingerprint density at radius 3 is 2.17 bits per heavy atom. The first-order valence-corrected chi connectivity index (χ1v) is 12.2. The molecule has 0 aromatic heterocycles. The summed E-state index contributed by atoms with van der Waals surface area (Å²) in [6, 6.07) is 0. The van der Waals surface area contributed by atoms with E-state index in [4.69, 9.17) is 4.74 Å². The molecule has 2 atom stereocenters. The molecule has 0 bridgehead atoms. The average Bonchev–Trinajstić information content (AvgIpc) is 2.56. The number of unbranched alkanes of at least 4 members (excludes halogenated alkanes) is 1. The number of hydrogen-bond donors (Lipinski definition) is 0. The molecule has 0 N–H and O–H groups in total. The third-order valence-electron chi connectivity index (χ3n) is 5.75. The lowest BCUT2D eigenvalue weighted by molar-refractivity contribution is 0.0175. The zero-order chi connectivity index (χ0) is 17.6. The van der Waals surface area contributed by atoms with E-state index in [1.807, 2.05) is 0 Å².